The molecular formula is C15H17NO5S. The van der Waals surface area contributed by atoms with Crippen molar-refractivity contribution in [1.82, 2.24) is 4.72 Å². The third kappa shape index (κ3) is 3.55. The monoisotopic (exact) mass is 323 g/mol. The number of rotatable bonds is 6. The van der Waals surface area contributed by atoms with Gasteiger partial charge in [0.2, 0.25) is 10.0 Å². The summed E-state index contributed by atoms with van der Waals surface area (Å²) >= 11 is 0. The highest BCUT2D eigenvalue weighted by Gasteiger charge is 2.27. The smallest absolute Gasteiger partial charge is 0.322 e. The second-order valence-electron chi connectivity index (χ2n) is 5.18. The van der Waals surface area contributed by atoms with E-state index in [0.29, 0.717) is 5.76 Å². The fraction of sp³-hybridized carbons (Fsp3) is 0.267. The number of benzene rings is 1. The molecule has 0 fully saturated rings. The van der Waals surface area contributed by atoms with Crippen LogP contribution in [0.2, 0.25) is 0 Å². The first-order valence-electron chi connectivity index (χ1n) is 6.70. The standard InChI is InChI=1S/C15H17NO5S/c1-10(2)14(15(17)18)16-22(19,20)12-7-5-11(6-8-12)13-4-3-9-21-13/h3-10,14,16H,1-2H3,(H,17,18). The van der Waals surface area contributed by atoms with Crippen LogP contribution in [-0.2, 0) is 14.8 Å². The number of aliphatic carboxylic acids is 1. The molecule has 0 amide bonds. The zero-order valence-electron chi connectivity index (χ0n) is 12.2. The van der Waals surface area contributed by atoms with Crippen LogP contribution in [0, 0.1) is 5.92 Å². The van der Waals surface area contributed by atoms with E-state index in [2.05, 4.69) is 4.72 Å². The second kappa shape index (κ2) is 6.33. The normalized spacial score (nSPS) is 13.2. The molecule has 0 aliphatic carbocycles. The lowest BCUT2D eigenvalue weighted by molar-refractivity contribution is -0.140. The fourth-order valence-corrected chi connectivity index (χ4v) is 3.29. The summed E-state index contributed by atoms with van der Waals surface area (Å²) in [6.45, 7) is 3.28. The van der Waals surface area contributed by atoms with Crippen molar-refractivity contribution in [2.75, 3.05) is 0 Å². The van der Waals surface area contributed by atoms with Gasteiger partial charge in [0.05, 0.1) is 11.2 Å². The van der Waals surface area contributed by atoms with E-state index in [-0.39, 0.29) is 10.8 Å². The van der Waals surface area contributed by atoms with Crippen molar-refractivity contribution in [2.24, 2.45) is 5.92 Å². The molecule has 0 spiro atoms. The molecule has 2 rings (SSSR count). The molecule has 22 heavy (non-hydrogen) atoms. The topological polar surface area (TPSA) is 96.6 Å². The van der Waals surface area contributed by atoms with Gasteiger partial charge in [-0.15, -0.1) is 0 Å². The average molecular weight is 323 g/mol. The third-order valence-corrected chi connectivity index (χ3v) is 4.64. The summed E-state index contributed by atoms with van der Waals surface area (Å²) in [6.07, 6.45) is 1.53. The van der Waals surface area contributed by atoms with E-state index in [1.807, 2.05) is 0 Å². The predicted octanol–water partition coefficient (Wildman–Crippen LogP) is 2.33. The lowest BCUT2D eigenvalue weighted by Gasteiger charge is -2.18. The number of nitrogens with one attached hydrogen (secondary N) is 1. The van der Waals surface area contributed by atoms with Crippen LogP contribution in [0.1, 0.15) is 13.8 Å². The van der Waals surface area contributed by atoms with Gasteiger partial charge in [0.15, 0.2) is 0 Å². The molecule has 0 radical (unpaired) electrons. The molecule has 1 atom stereocenters. The van der Waals surface area contributed by atoms with Crippen LogP contribution in [-0.4, -0.2) is 25.5 Å². The van der Waals surface area contributed by atoms with Gasteiger partial charge in [0.25, 0.3) is 0 Å². The van der Waals surface area contributed by atoms with Crippen molar-refractivity contribution in [3.63, 3.8) is 0 Å². The minimum atomic E-state index is -3.90. The average Bonchev–Trinajstić information content (AvgIpc) is 2.98. The molecule has 1 heterocycles. The second-order valence-corrected chi connectivity index (χ2v) is 6.90. The van der Waals surface area contributed by atoms with Gasteiger partial charge in [-0.3, -0.25) is 4.79 Å². The van der Waals surface area contributed by atoms with E-state index in [4.69, 9.17) is 9.52 Å². The Morgan fingerprint density at radius 2 is 1.82 bits per heavy atom. The summed E-state index contributed by atoms with van der Waals surface area (Å²) in [6, 6.07) is 8.38. The first-order chi connectivity index (χ1) is 10.3. The largest absolute Gasteiger partial charge is 0.480 e. The summed E-state index contributed by atoms with van der Waals surface area (Å²) in [4.78, 5) is 11.1. The highest BCUT2D eigenvalue weighted by atomic mass is 32.2. The third-order valence-electron chi connectivity index (χ3n) is 3.19. The number of hydrogen-bond acceptors (Lipinski definition) is 4. The van der Waals surface area contributed by atoms with Gasteiger partial charge in [-0.2, -0.15) is 4.72 Å². The van der Waals surface area contributed by atoms with Gasteiger partial charge in [-0.1, -0.05) is 13.8 Å². The molecule has 118 valence electrons. The quantitative estimate of drug-likeness (QED) is 0.850. The van der Waals surface area contributed by atoms with Gasteiger partial charge in [0, 0.05) is 5.56 Å². The van der Waals surface area contributed by atoms with Crippen molar-refractivity contribution in [3.8, 4) is 11.3 Å². The van der Waals surface area contributed by atoms with E-state index >= 15 is 0 Å². The number of carboxylic acid groups (broad SMARTS) is 1. The number of carbonyl (C=O) groups is 1. The molecule has 2 aromatic rings. The first-order valence-corrected chi connectivity index (χ1v) is 8.18. The molecule has 6 nitrogen and oxygen atoms in total. The summed E-state index contributed by atoms with van der Waals surface area (Å²) in [5.41, 5.74) is 0.739. The Labute approximate surface area is 128 Å². The molecule has 0 aliphatic rings. The van der Waals surface area contributed by atoms with E-state index in [1.165, 1.54) is 18.4 Å². The highest BCUT2D eigenvalue weighted by molar-refractivity contribution is 7.89. The van der Waals surface area contributed by atoms with E-state index in [0.717, 1.165) is 5.56 Å². The van der Waals surface area contributed by atoms with Crippen LogP contribution in [0.4, 0.5) is 0 Å². The Morgan fingerprint density at radius 1 is 1.18 bits per heavy atom. The SMILES string of the molecule is CC(C)C(NS(=O)(=O)c1ccc(-c2ccco2)cc1)C(=O)O. The molecule has 1 unspecified atom stereocenters. The molecular weight excluding hydrogens is 306 g/mol. The van der Waals surface area contributed by atoms with Crippen LogP contribution in [0.5, 0.6) is 0 Å². The number of carboxylic acids is 1. The Morgan fingerprint density at radius 3 is 2.27 bits per heavy atom. The zero-order chi connectivity index (χ0) is 16.3. The predicted molar refractivity (Wildman–Crippen MR) is 80.7 cm³/mol. The molecule has 0 saturated carbocycles. The number of furan rings is 1. The van der Waals surface area contributed by atoms with Crippen molar-refractivity contribution >= 4 is 16.0 Å². The van der Waals surface area contributed by atoms with Crippen LogP contribution in [0.25, 0.3) is 11.3 Å². The maximum Gasteiger partial charge on any atom is 0.322 e. The Balaban J connectivity index is 2.24. The summed E-state index contributed by atoms with van der Waals surface area (Å²) in [5, 5.41) is 9.08. The molecule has 2 N–H and O–H groups in total. The van der Waals surface area contributed by atoms with Crippen LogP contribution >= 0.6 is 0 Å². The van der Waals surface area contributed by atoms with Gasteiger partial charge in [0.1, 0.15) is 11.8 Å². The zero-order valence-corrected chi connectivity index (χ0v) is 13.0. The number of hydrogen-bond donors (Lipinski definition) is 2. The summed E-state index contributed by atoms with van der Waals surface area (Å²) in [7, 11) is -3.90. The maximum absolute atomic E-state index is 12.3. The molecule has 0 bridgehead atoms. The minimum Gasteiger partial charge on any atom is -0.480 e. The first kappa shape index (κ1) is 16.3. The van der Waals surface area contributed by atoms with Gasteiger partial charge < -0.3 is 9.52 Å². The van der Waals surface area contributed by atoms with E-state index < -0.39 is 22.0 Å². The van der Waals surface area contributed by atoms with Gasteiger partial charge in [-0.25, -0.2) is 8.42 Å². The molecule has 0 saturated heterocycles. The Bertz CT molecular complexity index is 733. The van der Waals surface area contributed by atoms with Gasteiger partial charge in [-0.05, 0) is 42.3 Å². The van der Waals surface area contributed by atoms with E-state index in [9.17, 15) is 13.2 Å². The minimum absolute atomic E-state index is 0.00899. The number of sulfonamides is 1. The molecule has 1 aromatic heterocycles. The Hall–Kier alpha value is -2.12. The maximum atomic E-state index is 12.3. The van der Waals surface area contributed by atoms with Crippen molar-refractivity contribution in [2.45, 2.75) is 24.8 Å². The summed E-state index contributed by atoms with van der Waals surface area (Å²) in [5.74, 6) is -0.942. The molecule has 0 aliphatic heterocycles. The summed E-state index contributed by atoms with van der Waals surface area (Å²) < 4.78 is 31.9. The lowest BCUT2D eigenvalue weighted by atomic mass is 10.1. The molecule has 1 aromatic carbocycles. The lowest BCUT2D eigenvalue weighted by Crippen LogP contribution is -2.44. The van der Waals surface area contributed by atoms with Crippen molar-refractivity contribution < 1.29 is 22.7 Å². The molecule has 7 heteroatoms. The van der Waals surface area contributed by atoms with Crippen LogP contribution < -0.4 is 4.72 Å². The van der Waals surface area contributed by atoms with Crippen molar-refractivity contribution in [1.29, 1.82) is 0 Å². The van der Waals surface area contributed by atoms with Crippen LogP contribution in [0.3, 0.4) is 0 Å². The fourth-order valence-electron chi connectivity index (χ4n) is 1.95. The van der Waals surface area contributed by atoms with Crippen LogP contribution in [0.15, 0.2) is 52.0 Å². The van der Waals surface area contributed by atoms with E-state index in [1.54, 1.807) is 38.1 Å². The Kier molecular flexibility index (Phi) is 4.68. The highest BCUT2D eigenvalue weighted by Crippen LogP contribution is 2.22. The van der Waals surface area contributed by atoms with Crippen molar-refractivity contribution in [3.05, 3.63) is 42.7 Å². The van der Waals surface area contributed by atoms with Gasteiger partial charge >= 0.3 is 5.97 Å².